The number of rotatable bonds is 6. The largest absolute Gasteiger partial charge is 0.348 e. The van der Waals surface area contributed by atoms with Crippen LogP contribution in [0.3, 0.4) is 0 Å². The number of benzene rings is 1. The number of hydrogen-bond acceptors (Lipinski definition) is 5. The summed E-state index contributed by atoms with van der Waals surface area (Å²) in [6.07, 6.45) is 2.77. The fourth-order valence-electron chi connectivity index (χ4n) is 4.19. The van der Waals surface area contributed by atoms with Crippen molar-refractivity contribution in [2.24, 2.45) is 5.10 Å². The van der Waals surface area contributed by atoms with E-state index in [1.165, 1.54) is 5.56 Å². The number of nitrogens with one attached hydrogen (secondary N) is 1. The van der Waals surface area contributed by atoms with Crippen molar-refractivity contribution in [3.8, 4) is 0 Å². The second-order valence-electron chi connectivity index (χ2n) is 9.37. The van der Waals surface area contributed by atoms with Gasteiger partial charge in [0.05, 0.1) is 18.1 Å². The summed E-state index contributed by atoms with van der Waals surface area (Å²) in [5, 5.41) is 4.31. The molecule has 3 rings (SSSR count). The molecular weight excluding hydrogens is 400 g/mol. The summed E-state index contributed by atoms with van der Waals surface area (Å²) in [5.74, 6) is 0.0259. The van der Waals surface area contributed by atoms with E-state index in [1.807, 2.05) is 39.8 Å². The van der Waals surface area contributed by atoms with Gasteiger partial charge in [-0.05, 0) is 47.3 Å². The highest BCUT2D eigenvalue weighted by atomic mass is 32.2. The lowest BCUT2D eigenvalue weighted by Crippen LogP contribution is -2.36. The number of sulfonamides is 1. The predicted octanol–water partition coefficient (Wildman–Crippen LogP) is 5.01. The Hall–Kier alpha value is -1.44. The van der Waals surface area contributed by atoms with Crippen LogP contribution in [0.4, 0.5) is 0 Å². The van der Waals surface area contributed by atoms with E-state index in [0.717, 1.165) is 16.8 Å². The lowest BCUT2D eigenvalue weighted by atomic mass is 9.89. The number of hydrogen-bond donors (Lipinski definition) is 1. The van der Waals surface area contributed by atoms with Gasteiger partial charge < -0.3 is 9.47 Å². The molecule has 1 aliphatic heterocycles. The van der Waals surface area contributed by atoms with Gasteiger partial charge in [-0.1, -0.05) is 53.7 Å². The van der Waals surface area contributed by atoms with Gasteiger partial charge in [0.15, 0.2) is 5.79 Å². The van der Waals surface area contributed by atoms with Crippen molar-refractivity contribution in [3.05, 3.63) is 28.8 Å². The second-order valence-corrected chi connectivity index (χ2v) is 11.0. The lowest BCUT2D eigenvalue weighted by molar-refractivity contribution is -0.167. The Morgan fingerprint density at radius 3 is 1.83 bits per heavy atom. The average Bonchev–Trinajstić information content (AvgIpc) is 3.14. The van der Waals surface area contributed by atoms with E-state index >= 15 is 0 Å². The Balaban J connectivity index is 1.89. The first-order valence-corrected chi connectivity index (χ1v) is 12.6. The van der Waals surface area contributed by atoms with E-state index in [9.17, 15) is 8.42 Å². The van der Waals surface area contributed by atoms with Gasteiger partial charge in [-0.25, -0.2) is 4.83 Å². The molecule has 1 heterocycles. The lowest BCUT2D eigenvalue weighted by Gasteiger charge is -2.31. The van der Waals surface area contributed by atoms with E-state index in [1.54, 1.807) is 0 Å². The molecule has 1 aromatic rings. The van der Waals surface area contributed by atoms with Crippen molar-refractivity contribution >= 4 is 15.7 Å². The smallest absolute Gasteiger partial charge is 0.277 e. The number of ether oxygens (including phenoxy) is 2. The van der Waals surface area contributed by atoms with Crippen molar-refractivity contribution < 1.29 is 17.9 Å². The van der Waals surface area contributed by atoms with Crippen LogP contribution < -0.4 is 4.83 Å². The highest BCUT2D eigenvalue weighted by molar-refractivity contribution is 7.89. The van der Waals surface area contributed by atoms with Gasteiger partial charge >= 0.3 is 0 Å². The number of hydrazone groups is 1. The molecule has 2 fully saturated rings. The third-order valence-electron chi connectivity index (χ3n) is 6.07. The Bertz CT molecular complexity index is 857. The van der Waals surface area contributed by atoms with Crippen molar-refractivity contribution in [2.45, 2.75) is 95.7 Å². The first-order valence-electron chi connectivity index (χ1n) is 11.1. The molecule has 7 heteroatoms. The molecule has 0 bridgehead atoms. The molecule has 1 saturated heterocycles. The first-order chi connectivity index (χ1) is 14.0. The molecule has 0 amide bonds. The minimum absolute atomic E-state index is 0.0895. The van der Waals surface area contributed by atoms with Crippen molar-refractivity contribution in [1.29, 1.82) is 0 Å². The van der Waals surface area contributed by atoms with Crippen LogP contribution in [0.5, 0.6) is 0 Å². The molecule has 2 aliphatic rings. The maximum absolute atomic E-state index is 13.4. The molecule has 1 spiro atoms. The van der Waals surface area contributed by atoms with Crippen LogP contribution >= 0.6 is 0 Å². The molecule has 0 aromatic heterocycles. The molecule has 1 saturated carbocycles. The third-order valence-corrected chi connectivity index (χ3v) is 7.42. The minimum Gasteiger partial charge on any atom is -0.348 e. The van der Waals surface area contributed by atoms with Crippen molar-refractivity contribution in [1.82, 2.24) is 4.83 Å². The van der Waals surface area contributed by atoms with Gasteiger partial charge in [-0.2, -0.15) is 13.5 Å². The molecule has 6 nitrogen and oxygen atoms in total. The summed E-state index contributed by atoms with van der Waals surface area (Å²) in [6, 6.07) is 4.09. The summed E-state index contributed by atoms with van der Waals surface area (Å²) in [7, 11) is -3.78. The van der Waals surface area contributed by atoms with Crippen LogP contribution in [0, 0.1) is 0 Å². The molecule has 168 valence electrons. The zero-order valence-electron chi connectivity index (χ0n) is 19.1. The second kappa shape index (κ2) is 8.97. The Morgan fingerprint density at radius 2 is 1.40 bits per heavy atom. The first kappa shape index (κ1) is 23.2. The summed E-state index contributed by atoms with van der Waals surface area (Å²) >= 11 is 0. The normalized spacial score (nSPS) is 19.3. The zero-order chi connectivity index (χ0) is 22.1. The van der Waals surface area contributed by atoms with Gasteiger partial charge in [0.25, 0.3) is 10.0 Å². The third kappa shape index (κ3) is 4.89. The molecule has 0 unspecified atom stereocenters. The number of nitrogens with zero attached hydrogens (tertiary/aromatic N) is 1. The van der Waals surface area contributed by atoms with E-state index in [0.29, 0.717) is 49.7 Å². The maximum Gasteiger partial charge on any atom is 0.277 e. The predicted molar refractivity (Wildman–Crippen MR) is 120 cm³/mol. The van der Waals surface area contributed by atoms with Crippen molar-refractivity contribution in [2.75, 3.05) is 13.2 Å². The van der Waals surface area contributed by atoms with Crippen molar-refractivity contribution in [3.63, 3.8) is 0 Å². The standard InChI is InChI=1S/C23H36N2O4S/c1-15(2)18-13-20(16(3)4)22(21(14-18)17(5)6)30(26,27)25-24-19-7-9-23(10-8-19)28-11-12-29-23/h13-17,25H,7-12H2,1-6H3. The highest BCUT2D eigenvalue weighted by Crippen LogP contribution is 2.36. The molecule has 1 N–H and O–H groups in total. The summed E-state index contributed by atoms with van der Waals surface area (Å²) in [6.45, 7) is 13.7. The topological polar surface area (TPSA) is 77.0 Å². The highest BCUT2D eigenvalue weighted by Gasteiger charge is 2.39. The summed E-state index contributed by atoms with van der Waals surface area (Å²) in [4.78, 5) is 2.93. The molecule has 0 atom stereocenters. The Morgan fingerprint density at radius 1 is 0.900 bits per heavy atom. The van der Waals surface area contributed by atoms with Crippen LogP contribution in [0.25, 0.3) is 0 Å². The van der Waals surface area contributed by atoms with Gasteiger partial charge in [0.1, 0.15) is 0 Å². The summed E-state index contributed by atoms with van der Waals surface area (Å²) < 4.78 is 38.3. The molecule has 1 aromatic carbocycles. The fraction of sp³-hybridized carbons (Fsp3) is 0.696. The van der Waals surface area contributed by atoms with E-state index in [2.05, 4.69) is 23.8 Å². The quantitative estimate of drug-likeness (QED) is 0.636. The van der Waals surface area contributed by atoms with Crippen LogP contribution in [0.2, 0.25) is 0 Å². The minimum atomic E-state index is -3.78. The fourth-order valence-corrected chi connectivity index (χ4v) is 5.74. The van der Waals surface area contributed by atoms with Gasteiger partial charge in [-0.3, -0.25) is 0 Å². The zero-order valence-corrected chi connectivity index (χ0v) is 19.9. The Kier molecular flexibility index (Phi) is 6.94. The van der Waals surface area contributed by atoms with Gasteiger partial charge in [-0.15, -0.1) is 0 Å². The van der Waals surface area contributed by atoms with Gasteiger partial charge in [0, 0.05) is 18.6 Å². The van der Waals surface area contributed by atoms with Crippen LogP contribution in [-0.2, 0) is 19.5 Å². The molecule has 1 aliphatic carbocycles. The molecule has 30 heavy (non-hydrogen) atoms. The van der Waals surface area contributed by atoms with Crippen LogP contribution in [0.15, 0.2) is 22.1 Å². The molecule has 0 radical (unpaired) electrons. The Labute approximate surface area is 181 Å². The maximum atomic E-state index is 13.4. The average molecular weight is 437 g/mol. The SMILES string of the molecule is CC(C)c1cc(C(C)C)c(S(=O)(=O)NN=C2CCC3(CC2)OCCO3)c(C(C)C)c1. The van der Waals surface area contributed by atoms with Gasteiger partial charge in [0.2, 0.25) is 0 Å². The van der Waals surface area contributed by atoms with E-state index in [-0.39, 0.29) is 11.8 Å². The van der Waals surface area contributed by atoms with E-state index < -0.39 is 15.8 Å². The molecular formula is C23H36N2O4S. The van der Waals surface area contributed by atoms with Crippen LogP contribution in [0.1, 0.15) is 102 Å². The monoisotopic (exact) mass is 436 g/mol. The van der Waals surface area contributed by atoms with Crippen LogP contribution in [-0.4, -0.2) is 33.1 Å². The summed E-state index contributed by atoms with van der Waals surface area (Å²) in [5.41, 5.74) is 3.72. The van der Waals surface area contributed by atoms with E-state index in [4.69, 9.17) is 9.47 Å².